The van der Waals surface area contributed by atoms with Crippen LogP contribution in [0, 0.1) is 0 Å². The molecule has 1 unspecified atom stereocenters. The number of hydrogen-bond donors (Lipinski definition) is 2. The quantitative estimate of drug-likeness (QED) is 0.838. The number of methoxy groups -OCH3 is 1. The number of rotatable bonds is 6. The molecule has 1 aromatic carbocycles. The molecule has 0 spiro atoms. The van der Waals surface area contributed by atoms with E-state index in [1.54, 1.807) is 18.2 Å². The van der Waals surface area contributed by atoms with E-state index in [9.17, 15) is 4.79 Å². The van der Waals surface area contributed by atoms with Crippen molar-refractivity contribution >= 4 is 29.1 Å². The van der Waals surface area contributed by atoms with Crippen LogP contribution >= 0.6 is 23.2 Å². The molecule has 4 nitrogen and oxygen atoms in total. The van der Waals surface area contributed by atoms with Gasteiger partial charge in [0.1, 0.15) is 0 Å². The lowest BCUT2D eigenvalue weighted by molar-refractivity contribution is -0.121. The van der Waals surface area contributed by atoms with Gasteiger partial charge in [0, 0.05) is 17.2 Å². The molecule has 0 bridgehead atoms. The Kier molecular flexibility index (Phi) is 6.43. The van der Waals surface area contributed by atoms with E-state index in [0.29, 0.717) is 15.6 Å². The van der Waals surface area contributed by atoms with Crippen molar-refractivity contribution in [2.24, 2.45) is 0 Å². The van der Waals surface area contributed by atoms with Gasteiger partial charge in [-0.3, -0.25) is 4.79 Å². The van der Waals surface area contributed by atoms with Gasteiger partial charge in [-0.15, -0.1) is 0 Å². The Morgan fingerprint density at radius 3 is 2.78 bits per heavy atom. The Morgan fingerprint density at radius 2 is 2.22 bits per heavy atom. The molecule has 0 aliphatic rings. The van der Waals surface area contributed by atoms with E-state index in [1.807, 2.05) is 0 Å². The molecule has 0 aliphatic carbocycles. The zero-order valence-corrected chi connectivity index (χ0v) is 11.5. The topological polar surface area (TPSA) is 58.6 Å². The Balaban J connectivity index is 2.58. The van der Waals surface area contributed by atoms with Gasteiger partial charge in [0.25, 0.3) is 0 Å². The number of aliphatic hydroxyl groups excluding tert-OH is 1. The van der Waals surface area contributed by atoms with Crippen molar-refractivity contribution in [1.29, 1.82) is 0 Å². The third kappa shape index (κ3) is 4.82. The van der Waals surface area contributed by atoms with E-state index in [1.165, 1.54) is 7.11 Å². The molecular weight excluding hydrogens is 277 g/mol. The Morgan fingerprint density at radius 1 is 1.50 bits per heavy atom. The van der Waals surface area contributed by atoms with Gasteiger partial charge in [0.05, 0.1) is 25.7 Å². The van der Waals surface area contributed by atoms with Crippen LogP contribution in [0.2, 0.25) is 10.0 Å². The Bertz CT molecular complexity index is 412. The predicted molar refractivity (Wildman–Crippen MR) is 71.1 cm³/mol. The lowest BCUT2D eigenvalue weighted by Crippen LogP contribution is -2.41. The second-order valence-electron chi connectivity index (χ2n) is 3.81. The molecule has 2 N–H and O–H groups in total. The number of benzene rings is 1. The van der Waals surface area contributed by atoms with Gasteiger partial charge in [-0.1, -0.05) is 29.3 Å². The normalized spacial score (nSPS) is 12.2. The molecule has 1 aromatic rings. The molecule has 0 aromatic heterocycles. The monoisotopic (exact) mass is 291 g/mol. The highest BCUT2D eigenvalue weighted by Crippen LogP contribution is 2.21. The maximum Gasteiger partial charge on any atom is 0.224 e. The first-order valence-corrected chi connectivity index (χ1v) is 6.15. The second-order valence-corrected chi connectivity index (χ2v) is 4.66. The lowest BCUT2D eigenvalue weighted by atomic mass is 10.1. The minimum Gasteiger partial charge on any atom is -0.394 e. The van der Waals surface area contributed by atoms with E-state index < -0.39 is 6.04 Å². The van der Waals surface area contributed by atoms with Gasteiger partial charge in [0.2, 0.25) is 5.91 Å². The molecule has 6 heteroatoms. The van der Waals surface area contributed by atoms with Crippen LogP contribution in [0.3, 0.4) is 0 Å². The summed E-state index contributed by atoms with van der Waals surface area (Å²) in [4.78, 5) is 11.7. The number of hydrogen-bond acceptors (Lipinski definition) is 3. The van der Waals surface area contributed by atoms with Gasteiger partial charge < -0.3 is 15.2 Å². The van der Waals surface area contributed by atoms with E-state index in [-0.39, 0.29) is 25.5 Å². The van der Waals surface area contributed by atoms with Gasteiger partial charge >= 0.3 is 0 Å². The summed E-state index contributed by atoms with van der Waals surface area (Å²) in [6.07, 6.45) is 0.135. The summed E-state index contributed by atoms with van der Waals surface area (Å²) in [5.41, 5.74) is 0.688. The first-order chi connectivity index (χ1) is 8.56. The van der Waals surface area contributed by atoms with E-state index in [4.69, 9.17) is 33.0 Å². The summed E-state index contributed by atoms with van der Waals surface area (Å²) < 4.78 is 4.87. The molecule has 0 saturated heterocycles. The molecule has 1 atom stereocenters. The summed E-state index contributed by atoms with van der Waals surface area (Å²) in [5.74, 6) is -0.227. The average molecular weight is 292 g/mol. The summed E-state index contributed by atoms with van der Waals surface area (Å²) in [5, 5.41) is 12.7. The minimum atomic E-state index is -0.409. The van der Waals surface area contributed by atoms with Crippen LogP contribution in [0.25, 0.3) is 0 Å². The maximum atomic E-state index is 11.7. The maximum absolute atomic E-state index is 11.7. The number of amides is 1. The standard InChI is InChI=1S/C12H15Cl2NO3/c1-18-7-10(6-16)15-12(17)4-8-2-3-9(13)5-11(8)14/h2-3,5,10,16H,4,6-7H2,1H3,(H,15,17). The van der Waals surface area contributed by atoms with Crippen LogP contribution in [0.15, 0.2) is 18.2 Å². The van der Waals surface area contributed by atoms with Crippen LogP contribution in [-0.4, -0.2) is 37.4 Å². The van der Waals surface area contributed by atoms with Gasteiger partial charge in [-0.25, -0.2) is 0 Å². The van der Waals surface area contributed by atoms with Crippen molar-refractivity contribution < 1.29 is 14.6 Å². The van der Waals surface area contributed by atoms with Gasteiger partial charge in [-0.05, 0) is 17.7 Å². The van der Waals surface area contributed by atoms with Crippen LogP contribution in [0.1, 0.15) is 5.56 Å². The molecule has 18 heavy (non-hydrogen) atoms. The van der Waals surface area contributed by atoms with E-state index in [2.05, 4.69) is 5.32 Å². The zero-order chi connectivity index (χ0) is 13.5. The molecule has 100 valence electrons. The third-order valence-electron chi connectivity index (χ3n) is 2.32. The summed E-state index contributed by atoms with van der Waals surface area (Å²) in [6.45, 7) is 0.0878. The van der Waals surface area contributed by atoms with Crippen LogP contribution < -0.4 is 5.32 Å². The third-order valence-corrected chi connectivity index (χ3v) is 2.91. The molecule has 1 rings (SSSR count). The van der Waals surface area contributed by atoms with Gasteiger partial charge in [0.15, 0.2) is 0 Å². The second kappa shape index (κ2) is 7.59. The van der Waals surface area contributed by atoms with Crippen LogP contribution in [-0.2, 0) is 16.0 Å². The first kappa shape index (κ1) is 15.2. The fourth-order valence-electron chi connectivity index (χ4n) is 1.46. The molecule has 0 fully saturated rings. The van der Waals surface area contributed by atoms with Crippen molar-refractivity contribution in [3.63, 3.8) is 0 Å². The molecule has 0 radical (unpaired) electrons. The number of nitrogens with one attached hydrogen (secondary N) is 1. The highest BCUT2D eigenvalue weighted by Gasteiger charge is 2.13. The van der Waals surface area contributed by atoms with Crippen LogP contribution in [0.5, 0.6) is 0 Å². The average Bonchev–Trinajstić information content (AvgIpc) is 2.32. The Hall–Kier alpha value is -0.810. The smallest absolute Gasteiger partial charge is 0.224 e. The number of ether oxygens (including phenoxy) is 1. The highest BCUT2D eigenvalue weighted by molar-refractivity contribution is 6.35. The molecule has 0 heterocycles. The van der Waals surface area contributed by atoms with E-state index >= 15 is 0 Å². The SMILES string of the molecule is COCC(CO)NC(=O)Cc1ccc(Cl)cc1Cl. The highest BCUT2D eigenvalue weighted by atomic mass is 35.5. The molecular formula is C12H15Cl2NO3. The molecule has 0 aliphatic heterocycles. The zero-order valence-electron chi connectivity index (χ0n) is 9.95. The minimum absolute atomic E-state index is 0.135. The Labute approximate surface area is 116 Å². The van der Waals surface area contributed by atoms with E-state index in [0.717, 1.165) is 0 Å². The van der Waals surface area contributed by atoms with Gasteiger partial charge in [-0.2, -0.15) is 0 Å². The largest absolute Gasteiger partial charge is 0.394 e. The number of carbonyl (C=O) groups excluding carboxylic acids is 1. The van der Waals surface area contributed by atoms with Crippen molar-refractivity contribution in [2.45, 2.75) is 12.5 Å². The lowest BCUT2D eigenvalue weighted by Gasteiger charge is -2.15. The van der Waals surface area contributed by atoms with Crippen molar-refractivity contribution in [2.75, 3.05) is 20.3 Å². The van der Waals surface area contributed by atoms with Crippen LogP contribution in [0.4, 0.5) is 0 Å². The molecule has 1 amide bonds. The fourth-order valence-corrected chi connectivity index (χ4v) is 1.93. The number of carbonyl (C=O) groups is 1. The summed E-state index contributed by atoms with van der Waals surface area (Å²) in [7, 11) is 1.50. The first-order valence-electron chi connectivity index (χ1n) is 5.40. The molecule has 0 saturated carbocycles. The van der Waals surface area contributed by atoms with Crippen molar-refractivity contribution in [3.8, 4) is 0 Å². The van der Waals surface area contributed by atoms with Crippen molar-refractivity contribution in [3.05, 3.63) is 33.8 Å². The summed E-state index contributed by atoms with van der Waals surface area (Å²) >= 11 is 11.7. The number of halogens is 2. The fraction of sp³-hybridized carbons (Fsp3) is 0.417. The van der Waals surface area contributed by atoms with Crippen molar-refractivity contribution in [1.82, 2.24) is 5.32 Å². The summed E-state index contributed by atoms with van der Waals surface area (Å²) in [6, 6.07) is 4.56. The number of aliphatic hydroxyl groups is 1. The predicted octanol–water partition coefficient (Wildman–Crippen LogP) is 1.66.